The molecule has 0 spiro atoms. The van der Waals surface area contributed by atoms with Gasteiger partial charge in [-0.2, -0.15) is 0 Å². The molecule has 0 saturated heterocycles. The molecule has 17 heavy (non-hydrogen) atoms. The number of fused-ring (bicyclic) bond motifs is 1. The van der Waals surface area contributed by atoms with Crippen LogP contribution in [0.2, 0.25) is 0 Å². The van der Waals surface area contributed by atoms with Gasteiger partial charge in [0.25, 0.3) is 0 Å². The van der Waals surface area contributed by atoms with Crippen molar-refractivity contribution in [1.82, 2.24) is 0 Å². The Labute approximate surface area is 102 Å². The lowest BCUT2D eigenvalue weighted by molar-refractivity contribution is 0.236. The second kappa shape index (κ2) is 4.98. The van der Waals surface area contributed by atoms with Crippen LogP contribution in [0.25, 0.3) is 16.8 Å². The number of rotatable bonds is 3. The van der Waals surface area contributed by atoms with E-state index in [1.54, 1.807) is 6.92 Å². The Kier molecular flexibility index (Phi) is 3.40. The van der Waals surface area contributed by atoms with Gasteiger partial charge in [0.05, 0.1) is 6.10 Å². The fourth-order valence-corrected chi connectivity index (χ4v) is 1.65. The number of hydrogen-bond donors (Lipinski definition) is 1. The molecular formula is C16H16O. The standard InChI is InChI=1S/C16H16O/c1-12(13(2)17)7-8-14-9-10-15-5-3-4-6-16(15)11-14/h3-11,13,17H,1H2,2H3. The van der Waals surface area contributed by atoms with Crippen LogP contribution in [0.5, 0.6) is 0 Å². The Hall–Kier alpha value is -1.86. The summed E-state index contributed by atoms with van der Waals surface area (Å²) >= 11 is 0. The summed E-state index contributed by atoms with van der Waals surface area (Å²) in [5, 5.41) is 11.8. The molecular weight excluding hydrogens is 208 g/mol. The molecule has 1 N–H and O–H groups in total. The van der Waals surface area contributed by atoms with Crippen LogP contribution < -0.4 is 0 Å². The van der Waals surface area contributed by atoms with Crippen LogP contribution in [-0.4, -0.2) is 11.2 Å². The maximum absolute atomic E-state index is 9.32. The smallest absolute Gasteiger partial charge is 0.0756 e. The minimum Gasteiger partial charge on any atom is -0.389 e. The van der Waals surface area contributed by atoms with E-state index in [1.165, 1.54) is 10.8 Å². The van der Waals surface area contributed by atoms with E-state index in [0.717, 1.165) is 11.1 Å². The molecule has 2 rings (SSSR count). The summed E-state index contributed by atoms with van der Waals surface area (Å²) in [6.45, 7) is 5.51. The van der Waals surface area contributed by atoms with Crippen molar-refractivity contribution in [2.75, 3.05) is 0 Å². The highest BCUT2D eigenvalue weighted by molar-refractivity contribution is 5.84. The molecule has 0 aliphatic rings. The molecule has 0 bridgehead atoms. The molecule has 0 heterocycles. The average Bonchev–Trinajstić information content (AvgIpc) is 2.35. The number of benzene rings is 2. The van der Waals surface area contributed by atoms with E-state index in [-0.39, 0.29) is 0 Å². The van der Waals surface area contributed by atoms with Gasteiger partial charge in [0.1, 0.15) is 0 Å². The van der Waals surface area contributed by atoms with Crippen molar-refractivity contribution >= 4 is 16.8 Å². The molecule has 0 aromatic heterocycles. The van der Waals surface area contributed by atoms with Crippen molar-refractivity contribution in [1.29, 1.82) is 0 Å². The predicted octanol–water partition coefficient (Wildman–Crippen LogP) is 3.79. The molecule has 0 radical (unpaired) electrons. The Balaban J connectivity index is 2.28. The lowest BCUT2D eigenvalue weighted by atomic mass is 10.1. The molecule has 2 aromatic rings. The quantitative estimate of drug-likeness (QED) is 0.786. The molecule has 0 aliphatic heterocycles. The van der Waals surface area contributed by atoms with E-state index in [1.807, 2.05) is 24.3 Å². The zero-order chi connectivity index (χ0) is 12.3. The fraction of sp³-hybridized carbons (Fsp3) is 0.125. The minimum absolute atomic E-state index is 0.494. The highest BCUT2D eigenvalue weighted by Crippen LogP contribution is 2.17. The third-order valence-electron chi connectivity index (χ3n) is 2.80. The first-order valence-electron chi connectivity index (χ1n) is 5.70. The number of aliphatic hydroxyl groups is 1. The highest BCUT2D eigenvalue weighted by Gasteiger charge is 1.97. The zero-order valence-electron chi connectivity index (χ0n) is 9.93. The van der Waals surface area contributed by atoms with Crippen molar-refractivity contribution < 1.29 is 5.11 Å². The fourth-order valence-electron chi connectivity index (χ4n) is 1.65. The van der Waals surface area contributed by atoms with Crippen LogP contribution in [0.3, 0.4) is 0 Å². The van der Waals surface area contributed by atoms with Crippen molar-refractivity contribution in [2.45, 2.75) is 13.0 Å². The molecule has 1 nitrogen and oxygen atoms in total. The molecule has 1 atom stereocenters. The summed E-state index contributed by atoms with van der Waals surface area (Å²) in [7, 11) is 0. The summed E-state index contributed by atoms with van der Waals surface area (Å²) in [5.41, 5.74) is 1.84. The summed E-state index contributed by atoms with van der Waals surface area (Å²) in [4.78, 5) is 0. The van der Waals surface area contributed by atoms with Gasteiger partial charge in [-0.05, 0) is 34.9 Å². The van der Waals surface area contributed by atoms with Gasteiger partial charge in [-0.3, -0.25) is 0 Å². The van der Waals surface area contributed by atoms with Crippen molar-refractivity contribution in [2.24, 2.45) is 0 Å². The van der Waals surface area contributed by atoms with Crippen LogP contribution in [0.1, 0.15) is 12.5 Å². The van der Waals surface area contributed by atoms with Gasteiger partial charge in [0.2, 0.25) is 0 Å². The minimum atomic E-state index is -0.494. The van der Waals surface area contributed by atoms with Crippen molar-refractivity contribution in [3.8, 4) is 0 Å². The topological polar surface area (TPSA) is 20.2 Å². The number of aliphatic hydroxyl groups excluding tert-OH is 1. The molecule has 2 aromatic carbocycles. The molecule has 1 heteroatoms. The van der Waals surface area contributed by atoms with Crippen LogP contribution in [-0.2, 0) is 0 Å². The first kappa shape index (κ1) is 11.6. The van der Waals surface area contributed by atoms with Gasteiger partial charge < -0.3 is 5.11 Å². The average molecular weight is 224 g/mol. The second-order valence-electron chi connectivity index (χ2n) is 4.19. The predicted molar refractivity (Wildman–Crippen MR) is 73.8 cm³/mol. The first-order valence-corrected chi connectivity index (χ1v) is 5.70. The van der Waals surface area contributed by atoms with Gasteiger partial charge in [0.15, 0.2) is 0 Å². The van der Waals surface area contributed by atoms with E-state index in [0.29, 0.717) is 0 Å². The van der Waals surface area contributed by atoms with Gasteiger partial charge >= 0.3 is 0 Å². The van der Waals surface area contributed by atoms with Gasteiger partial charge in [-0.15, -0.1) is 0 Å². The largest absolute Gasteiger partial charge is 0.389 e. The molecule has 1 unspecified atom stereocenters. The molecule has 86 valence electrons. The summed E-state index contributed by atoms with van der Waals surface area (Å²) in [6.07, 6.45) is 3.34. The monoisotopic (exact) mass is 224 g/mol. The maximum atomic E-state index is 9.32. The summed E-state index contributed by atoms with van der Waals surface area (Å²) in [5.74, 6) is 0. The molecule has 0 saturated carbocycles. The summed E-state index contributed by atoms with van der Waals surface area (Å²) < 4.78 is 0. The normalized spacial score (nSPS) is 13.1. The Morgan fingerprint density at radius 2 is 1.88 bits per heavy atom. The van der Waals surface area contributed by atoms with Crippen LogP contribution in [0.15, 0.2) is 60.7 Å². The first-order chi connectivity index (χ1) is 8.16. The van der Waals surface area contributed by atoms with Gasteiger partial charge in [-0.1, -0.05) is 55.1 Å². The highest BCUT2D eigenvalue weighted by atomic mass is 16.3. The van der Waals surface area contributed by atoms with Gasteiger partial charge in [-0.25, -0.2) is 0 Å². The number of hydrogen-bond acceptors (Lipinski definition) is 1. The third kappa shape index (κ3) is 2.83. The maximum Gasteiger partial charge on any atom is 0.0756 e. The van der Waals surface area contributed by atoms with E-state index in [4.69, 9.17) is 0 Å². The lowest BCUT2D eigenvalue weighted by Gasteiger charge is -2.03. The van der Waals surface area contributed by atoms with E-state index < -0.39 is 6.10 Å². The second-order valence-corrected chi connectivity index (χ2v) is 4.19. The van der Waals surface area contributed by atoms with Crippen molar-refractivity contribution in [3.63, 3.8) is 0 Å². The Morgan fingerprint density at radius 1 is 1.18 bits per heavy atom. The van der Waals surface area contributed by atoms with E-state index in [2.05, 4.69) is 36.9 Å². The van der Waals surface area contributed by atoms with Crippen LogP contribution >= 0.6 is 0 Å². The van der Waals surface area contributed by atoms with E-state index >= 15 is 0 Å². The third-order valence-corrected chi connectivity index (χ3v) is 2.80. The SMILES string of the molecule is C=C(C=Cc1ccc2ccccc2c1)C(C)O. The van der Waals surface area contributed by atoms with Crippen LogP contribution in [0.4, 0.5) is 0 Å². The molecule has 0 fully saturated rings. The van der Waals surface area contributed by atoms with Gasteiger partial charge in [0, 0.05) is 0 Å². The summed E-state index contributed by atoms with van der Waals surface area (Å²) in [6, 6.07) is 14.5. The molecule has 0 aliphatic carbocycles. The Morgan fingerprint density at radius 3 is 2.59 bits per heavy atom. The van der Waals surface area contributed by atoms with E-state index in [9.17, 15) is 5.11 Å². The lowest BCUT2D eigenvalue weighted by Crippen LogP contribution is -1.99. The van der Waals surface area contributed by atoms with Crippen LogP contribution in [0, 0.1) is 0 Å². The zero-order valence-corrected chi connectivity index (χ0v) is 9.93. The van der Waals surface area contributed by atoms with Crippen molar-refractivity contribution in [3.05, 3.63) is 66.3 Å². The molecule has 0 amide bonds. The Bertz CT molecular complexity index is 565.